The van der Waals surface area contributed by atoms with Crippen molar-refractivity contribution in [2.24, 2.45) is 0 Å². The minimum absolute atomic E-state index is 0.0826. The molecule has 5 nitrogen and oxygen atoms in total. The third kappa shape index (κ3) is 3.85. The number of morpholine rings is 1. The number of ether oxygens (including phenoxy) is 2. The van der Waals surface area contributed by atoms with Crippen LogP contribution in [-0.4, -0.2) is 46.9 Å². The SMILES string of the molecule is CC(C)(C)OC(=O)N1C2C=C(c3ncccc3C(F)(F)F)CC1COC2. The molecule has 1 saturated heterocycles. The second kappa shape index (κ2) is 6.57. The van der Waals surface area contributed by atoms with Crippen molar-refractivity contribution in [3.63, 3.8) is 0 Å². The summed E-state index contributed by atoms with van der Waals surface area (Å²) in [7, 11) is 0. The Balaban J connectivity index is 1.94. The average molecular weight is 370 g/mol. The average Bonchev–Trinajstić information content (AvgIpc) is 2.51. The Hall–Kier alpha value is -2.09. The summed E-state index contributed by atoms with van der Waals surface area (Å²) in [5.41, 5.74) is -1.02. The van der Waals surface area contributed by atoms with Crippen LogP contribution in [0.5, 0.6) is 0 Å². The molecule has 26 heavy (non-hydrogen) atoms. The van der Waals surface area contributed by atoms with Gasteiger partial charge in [0.2, 0.25) is 0 Å². The maximum Gasteiger partial charge on any atom is 0.418 e. The molecule has 2 aliphatic rings. The Morgan fingerprint density at radius 3 is 2.65 bits per heavy atom. The van der Waals surface area contributed by atoms with Crippen LogP contribution in [0.3, 0.4) is 0 Å². The standard InChI is InChI=1S/C18H21F3N2O3/c1-17(2,3)26-16(24)23-12-7-11(8-13(23)10-25-9-12)15-14(18(19,20)21)5-4-6-22-15/h4-7,12-13H,8-10H2,1-3H3. The van der Waals surface area contributed by atoms with Crippen LogP contribution in [0.4, 0.5) is 18.0 Å². The first-order valence-electron chi connectivity index (χ1n) is 8.38. The van der Waals surface area contributed by atoms with Crippen molar-refractivity contribution >= 4 is 11.7 Å². The summed E-state index contributed by atoms with van der Waals surface area (Å²) in [6, 6.07) is 1.43. The molecule has 2 bridgehead atoms. The number of amides is 1. The zero-order valence-electron chi connectivity index (χ0n) is 14.8. The van der Waals surface area contributed by atoms with Crippen molar-refractivity contribution in [3.8, 4) is 0 Å². The summed E-state index contributed by atoms with van der Waals surface area (Å²) in [4.78, 5) is 18.0. The molecule has 0 aliphatic carbocycles. The lowest BCUT2D eigenvalue weighted by molar-refractivity contribution is -0.138. The van der Waals surface area contributed by atoms with Crippen molar-refractivity contribution in [2.75, 3.05) is 13.2 Å². The van der Waals surface area contributed by atoms with Gasteiger partial charge in [-0.05, 0) is 44.9 Å². The lowest BCUT2D eigenvalue weighted by Gasteiger charge is -2.44. The molecule has 8 heteroatoms. The number of hydrogen-bond donors (Lipinski definition) is 0. The molecular weight excluding hydrogens is 349 g/mol. The number of hydrogen-bond acceptors (Lipinski definition) is 4. The first-order chi connectivity index (χ1) is 12.1. The second-order valence-corrected chi connectivity index (χ2v) is 7.44. The summed E-state index contributed by atoms with van der Waals surface area (Å²) in [6.07, 6.45) is -1.76. The van der Waals surface area contributed by atoms with Gasteiger partial charge in [-0.15, -0.1) is 0 Å². The van der Waals surface area contributed by atoms with Crippen LogP contribution < -0.4 is 0 Å². The van der Waals surface area contributed by atoms with E-state index in [4.69, 9.17) is 9.47 Å². The summed E-state index contributed by atoms with van der Waals surface area (Å²) >= 11 is 0. The molecule has 1 amide bonds. The highest BCUT2D eigenvalue weighted by molar-refractivity contribution is 5.74. The van der Waals surface area contributed by atoms with Gasteiger partial charge in [-0.1, -0.05) is 6.08 Å². The topological polar surface area (TPSA) is 51.7 Å². The van der Waals surface area contributed by atoms with E-state index in [0.29, 0.717) is 5.57 Å². The van der Waals surface area contributed by atoms with E-state index in [2.05, 4.69) is 4.98 Å². The van der Waals surface area contributed by atoms with E-state index in [0.717, 1.165) is 6.07 Å². The van der Waals surface area contributed by atoms with Crippen molar-refractivity contribution in [1.82, 2.24) is 9.88 Å². The van der Waals surface area contributed by atoms with Crippen LogP contribution >= 0.6 is 0 Å². The van der Waals surface area contributed by atoms with Gasteiger partial charge in [0.1, 0.15) is 5.60 Å². The molecule has 3 heterocycles. The monoisotopic (exact) mass is 370 g/mol. The number of pyridine rings is 1. The fraction of sp³-hybridized carbons (Fsp3) is 0.556. The third-order valence-corrected chi connectivity index (χ3v) is 4.22. The summed E-state index contributed by atoms with van der Waals surface area (Å²) < 4.78 is 50.9. The number of carbonyl (C=O) groups is 1. The molecule has 1 aromatic rings. The van der Waals surface area contributed by atoms with Crippen LogP contribution in [0.15, 0.2) is 24.4 Å². The number of nitrogens with zero attached hydrogens (tertiary/aromatic N) is 2. The number of halogens is 3. The normalized spacial score (nSPS) is 23.5. The Morgan fingerprint density at radius 1 is 1.31 bits per heavy atom. The first-order valence-corrected chi connectivity index (χ1v) is 8.38. The molecule has 142 valence electrons. The van der Waals surface area contributed by atoms with Gasteiger partial charge in [-0.3, -0.25) is 9.88 Å². The largest absolute Gasteiger partial charge is 0.444 e. The third-order valence-electron chi connectivity index (χ3n) is 4.22. The molecule has 2 aliphatic heterocycles. The van der Waals surface area contributed by atoms with E-state index >= 15 is 0 Å². The number of carbonyl (C=O) groups excluding carboxylic acids is 1. The summed E-state index contributed by atoms with van der Waals surface area (Å²) in [5, 5.41) is 0. The number of rotatable bonds is 1. The van der Waals surface area contributed by atoms with Gasteiger partial charge in [0.05, 0.1) is 36.6 Å². The number of aromatic nitrogens is 1. The van der Waals surface area contributed by atoms with Crippen LogP contribution in [0.25, 0.3) is 5.57 Å². The molecule has 2 atom stereocenters. The van der Waals surface area contributed by atoms with Crippen molar-refractivity contribution in [1.29, 1.82) is 0 Å². The number of alkyl halides is 3. The van der Waals surface area contributed by atoms with Gasteiger partial charge >= 0.3 is 12.3 Å². The predicted octanol–water partition coefficient (Wildman–Crippen LogP) is 3.89. The fourth-order valence-electron chi connectivity index (χ4n) is 3.26. The Labute approximate surface area is 149 Å². The Morgan fingerprint density at radius 2 is 2.04 bits per heavy atom. The fourth-order valence-corrected chi connectivity index (χ4v) is 3.26. The second-order valence-electron chi connectivity index (χ2n) is 7.44. The molecule has 0 spiro atoms. The van der Waals surface area contributed by atoms with Crippen LogP contribution in [0, 0.1) is 0 Å². The maximum atomic E-state index is 13.3. The van der Waals surface area contributed by atoms with Gasteiger partial charge in [-0.2, -0.15) is 13.2 Å². The van der Waals surface area contributed by atoms with E-state index in [1.807, 2.05) is 0 Å². The highest BCUT2D eigenvalue weighted by atomic mass is 19.4. The first kappa shape index (κ1) is 18.7. The molecule has 0 saturated carbocycles. The quantitative estimate of drug-likeness (QED) is 0.753. The zero-order valence-corrected chi connectivity index (χ0v) is 14.8. The van der Waals surface area contributed by atoms with Crippen molar-refractivity contribution < 1.29 is 27.4 Å². The van der Waals surface area contributed by atoms with E-state index in [1.54, 1.807) is 31.7 Å². The van der Waals surface area contributed by atoms with E-state index in [9.17, 15) is 18.0 Å². The Bertz CT molecular complexity index is 725. The molecule has 1 aromatic heterocycles. The van der Waals surface area contributed by atoms with Crippen LogP contribution in [-0.2, 0) is 15.7 Å². The van der Waals surface area contributed by atoms with Gasteiger partial charge in [0, 0.05) is 6.20 Å². The molecule has 2 unspecified atom stereocenters. The van der Waals surface area contributed by atoms with Crippen LogP contribution in [0.2, 0.25) is 0 Å². The highest BCUT2D eigenvalue weighted by Crippen LogP contribution is 2.38. The minimum Gasteiger partial charge on any atom is -0.444 e. The van der Waals surface area contributed by atoms with Crippen LogP contribution in [0.1, 0.15) is 38.4 Å². The molecule has 3 rings (SSSR count). The molecule has 0 aromatic carbocycles. The molecule has 0 N–H and O–H groups in total. The van der Waals surface area contributed by atoms with Gasteiger partial charge < -0.3 is 9.47 Å². The lowest BCUT2D eigenvalue weighted by atomic mass is 9.90. The summed E-state index contributed by atoms with van der Waals surface area (Å²) in [5.74, 6) is 0. The zero-order chi connectivity index (χ0) is 19.1. The molecular formula is C18H21F3N2O3. The minimum atomic E-state index is -4.49. The predicted molar refractivity (Wildman–Crippen MR) is 88.3 cm³/mol. The number of fused-ring (bicyclic) bond motifs is 2. The van der Waals surface area contributed by atoms with E-state index in [-0.39, 0.29) is 31.4 Å². The molecule has 1 fully saturated rings. The lowest BCUT2D eigenvalue weighted by Crippen LogP contribution is -2.57. The summed E-state index contributed by atoms with van der Waals surface area (Å²) in [6.45, 7) is 5.78. The molecule has 0 radical (unpaired) electrons. The van der Waals surface area contributed by atoms with Crippen molar-refractivity contribution in [2.45, 2.75) is 51.1 Å². The van der Waals surface area contributed by atoms with E-state index < -0.39 is 29.5 Å². The van der Waals surface area contributed by atoms with Gasteiger partial charge in [0.15, 0.2) is 0 Å². The van der Waals surface area contributed by atoms with Crippen molar-refractivity contribution in [3.05, 3.63) is 35.7 Å². The van der Waals surface area contributed by atoms with Gasteiger partial charge in [-0.25, -0.2) is 4.79 Å². The van der Waals surface area contributed by atoms with Gasteiger partial charge in [0.25, 0.3) is 0 Å². The van der Waals surface area contributed by atoms with E-state index in [1.165, 1.54) is 12.3 Å². The maximum absolute atomic E-state index is 13.3. The smallest absolute Gasteiger partial charge is 0.418 e. The highest BCUT2D eigenvalue weighted by Gasteiger charge is 2.42. The Kier molecular flexibility index (Phi) is 4.72.